The van der Waals surface area contributed by atoms with Crippen LogP contribution < -0.4 is 10.6 Å². The van der Waals surface area contributed by atoms with Gasteiger partial charge in [-0.2, -0.15) is 0 Å². The monoisotopic (exact) mass is 285 g/mol. The lowest BCUT2D eigenvalue weighted by Gasteiger charge is -2.36. The van der Waals surface area contributed by atoms with Gasteiger partial charge in [0.25, 0.3) is 0 Å². The summed E-state index contributed by atoms with van der Waals surface area (Å²) in [6.45, 7) is 11.8. The van der Waals surface area contributed by atoms with Crippen LogP contribution in [0.2, 0.25) is 0 Å². The van der Waals surface area contributed by atoms with Crippen molar-refractivity contribution in [1.29, 1.82) is 0 Å². The quantitative estimate of drug-likeness (QED) is 0.829. The summed E-state index contributed by atoms with van der Waals surface area (Å²) in [5, 5.41) is 6.41. The van der Waals surface area contributed by atoms with Crippen molar-refractivity contribution in [3.05, 3.63) is 0 Å². The Morgan fingerprint density at radius 3 is 2.65 bits per heavy atom. The standard InChI is InChI=1S/C15H31N3O2/c1-11(17-14(19)20-15(3,4)5)10-16-13-7-8-18(6)12(2)9-13/h11-13,16H,7-10H2,1-6H3,(H,17,19). The fraction of sp³-hybridized carbons (Fsp3) is 0.933. The van der Waals surface area contributed by atoms with Crippen molar-refractivity contribution in [3.63, 3.8) is 0 Å². The Labute approximate surface area is 123 Å². The van der Waals surface area contributed by atoms with Crippen molar-refractivity contribution < 1.29 is 9.53 Å². The maximum absolute atomic E-state index is 11.6. The zero-order valence-corrected chi connectivity index (χ0v) is 13.8. The fourth-order valence-corrected chi connectivity index (χ4v) is 2.38. The van der Waals surface area contributed by atoms with E-state index in [1.54, 1.807) is 0 Å². The first-order valence-corrected chi connectivity index (χ1v) is 7.60. The normalized spacial score (nSPS) is 26.1. The van der Waals surface area contributed by atoms with Crippen LogP contribution in [-0.4, -0.2) is 54.9 Å². The lowest BCUT2D eigenvalue weighted by Crippen LogP contribution is -2.49. The van der Waals surface area contributed by atoms with Crippen molar-refractivity contribution in [2.24, 2.45) is 0 Å². The third kappa shape index (κ3) is 6.57. The molecule has 5 heteroatoms. The van der Waals surface area contributed by atoms with E-state index in [-0.39, 0.29) is 12.1 Å². The molecule has 1 aliphatic heterocycles. The minimum absolute atomic E-state index is 0.0693. The van der Waals surface area contributed by atoms with Crippen LogP contribution in [0.1, 0.15) is 47.5 Å². The molecule has 1 aliphatic rings. The number of nitrogens with zero attached hydrogens (tertiary/aromatic N) is 1. The van der Waals surface area contributed by atoms with Crippen LogP contribution in [0.5, 0.6) is 0 Å². The molecule has 1 heterocycles. The van der Waals surface area contributed by atoms with Crippen molar-refractivity contribution >= 4 is 6.09 Å². The van der Waals surface area contributed by atoms with Crippen LogP contribution in [0.15, 0.2) is 0 Å². The molecule has 0 aromatic heterocycles. The number of carbonyl (C=O) groups is 1. The molecule has 118 valence electrons. The number of ether oxygens (including phenoxy) is 1. The van der Waals surface area contributed by atoms with E-state index in [1.807, 2.05) is 27.7 Å². The zero-order valence-electron chi connectivity index (χ0n) is 13.8. The predicted octanol–water partition coefficient (Wildman–Crippen LogP) is 1.97. The molecule has 0 aromatic rings. The molecule has 1 saturated heterocycles. The maximum Gasteiger partial charge on any atom is 0.407 e. The third-order valence-electron chi connectivity index (χ3n) is 3.68. The first kappa shape index (κ1) is 17.2. The molecular formula is C15H31N3O2. The molecule has 5 nitrogen and oxygen atoms in total. The van der Waals surface area contributed by atoms with Gasteiger partial charge in [0.15, 0.2) is 0 Å². The first-order valence-electron chi connectivity index (χ1n) is 7.60. The number of piperidine rings is 1. The Morgan fingerprint density at radius 1 is 1.45 bits per heavy atom. The predicted molar refractivity (Wildman–Crippen MR) is 81.9 cm³/mol. The van der Waals surface area contributed by atoms with Gasteiger partial charge in [0.05, 0.1) is 0 Å². The molecule has 0 radical (unpaired) electrons. The smallest absolute Gasteiger partial charge is 0.407 e. The Bertz CT molecular complexity index is 315. The van der Waals surface area contributed by atoms with E-state index in [4.69, 9.17) is 4.74 Å². The molecule has 0 saturated carbocycles. The van der Waals surface area contributed by atoms with Gasteiger partial charge in [-0.1, -0.05) is 0 Å². The number of hydrogen-bond acceptors (Lipinski definition) is 4. The zero-order chi connectivity index (χ0) is 15.3. The number of hydrogen-bond donors (Lipinski definition) is 2. The van der Waals surface area contributed by atoms with Crippen LogP contribution in [0.4, 0.5) is 4.79 Å². The number of carbonyl (C=O) groups excluding carboxylic acids is 1. The molecular weight excluding hydrogens is 254 g/mol. The van der Waals surface area contributed by atoms with Crippen molar-refractivity contribution in [2.45, 2.75) is 71.2 Å². The van der Waals surface area contributed by atoms with Crippen LogP contribution in [-0.2, 0) is 4.74 Å². The lowest BCUT2D eigenvalue weighted by atomic mass is 9.99. The molecule has 0 spiro atoms. The summed E-state index contributed by atoms with van der Waals surface area (Å²) in [4.78, 5) is 14.0. The average molecular weight is 285 g/mol. The largest absolute Gasteiger partial charge is 0.444 e. The van der Waals surface area contributed by atoms with Gasteiger partial charge in [0.1, 0.15) is 5.60 Å². The first-order chi connectivity index (χ1) is 9.17. The molecule has 1 rings (SSSR count). The molecule has 2 N–H and O–H groups in total. The molecule has 0 bridgehead atoms. The Hall–Kier alpha value is -0.810. The fourth-order valence-electron chi connectivity index (χ4n) is 2.38. The summed E-state index contributed by atoms with van der Waals surface area (Å²) in [7, 11) is 2.17. The van der Waals surface area contributed by atoms with Gasteiger partial charge in [-0.25, -0.2) is 4.79 Å². The molecule has 1 fully saturated rings. The van der Waals surface area contributed by atoms with Gasteiger partial charge in [0, 0.05) is 24.7 Å². The summed E-state index contributed by atoms with van der Waals surface area (Å²) >= 11 is 0. The SMILES string of the molecule is CC(CNC1CCN(C)C(C)C1)NC(=O)OC(C)(C)C. The van der Waals surface area contributed by atoms with Crippen LogP contribution >= 0.6 is 0 Å². The van der Waals surface area contributed by atoms with E-state index >= 15 is 0 Å². The molecule has 20 heavy (non-hydrogen) atoms. The van der Waals surface area contributed by atoms with Gasteiger partial charge in [-0.15, -0.1) is 0 Å². The molecule has 1 amide bonds. The summed E-state index contributed by atoms with van der Waals surface area (Å²) in [6.07, 6.45) is 1.99. The maximum atomic E-state index is 11.6. The number of likely N-dealkylation sites (tertiary alicyclic amines) is 1. The van der Waals surface area contributed by atoms with Crippen molar-refractivity contribution in [1.82, 2.24) is 15.5 Å². The minimum Gasteiger partial charge on any atom is -0.444 e. The second-order valence-corrected chi connectivity index (χ2v) is 7.01. The topological polar surface area (TPSA) is 53.6 Å². The number of alkyl carbamates (subject to hydrolysis) is 1. The van der Waals surface area contributed by atoms with E-state index < -0.39 is 5.60 Å². The molecule has 3 unspecified atom stereocenters. The molecule has 3 atom stereocenters. The summed E-state index contributed by atoms with van der Waals surface area (Å²) < 4.78 is 5.25. The highest BCUT2D eigenvalue weighted by Gasteiger charge is 2.23. The van der Waals surface area contributed by atoms with Gasteiger partial charge in [-0.05, 0) is 61.1 Å². The van der Waals surface area contributed by atoms with E-state index in [0.29, 0.717) is 12.1 Å². The summed E-state index contributed by atoms with van der Waals surface area (Å²) in [5.41, 5.74) is -0.444. The highest BCUT2D eigenvalue weighted by molar-refractivity contribution is 5.68. The minimum atomic E-state index is -0.444. The van der Waals surface area contributed by atoms with Crippen LogP contribution in [0, 0.1) is 0 Å². The Kier molecular flexibility index (Phi) is 6.27. The number of rotatable bonds is 4. The highest BCUT2D eigenvalue weighted by atomic mass is 16.6. The van der Waals surface area contributed by atoms with E-state index in [0.717, 1.165) is 19.5 Å². The van der Waals surface area contributed by atoms with Gasteiger partial charge < -0.3 is 20.3 Å². The van der Waals surface area contributed by atoms with Crippen molar-refractivity contribution in [3.8, 4) is 0 Å². The van der Waals surface area contributed by atoms with Gasteiger partial charge in [0.2, 0.25) is 0 Å². The van der Waals surface area contributed by atoms with E-state index in [2.05, 4.69) is 29.5 Å². The Balaban J connectivity index is 2.23. The highest BCUT2D eigenvalue weighted by Crippen LogP contribution is 2.15. The number of amides is 1. The van der Waals surface area contributed by atoms with E-state index in [9.17, 15) is 4.79 Å². The van der Waals surface area contributed by atoms with Gasteiger partial charge in [-0.3, -0.25) is 0 Å². The average Bonchev–Trinajstić information content (AvgIpc) is 2.28. The third-order valence-corrected chi connectivity index (χ3v) is 3.68. The molecule has 0 aromatic carbocycles. The summed E-state index contributed by atoms with van der Waals surface area (Å²) in [5.74, 6) is 0. The second kappa shape index (κ2) is 7.27. The van der Waals surface area contributed by atoms with Gasteiger partial charge >= 0.3 is 6.09 Å². The second-order valence-electron chi connectivity index (χ2n) is 7.01. The lowest BCUT2D eigenvalue weighted by molar-refractivity contribution is 0.0506. The number of nitrogens with one attached hydrogen (secondary N) is 2. The van der Waals surface area contributed by atoms with Crippen LogP contribution in [0.25, 0.3) is 0 Å². The van der Waals surface area contributed by atoms with E-state index in [1.165, 1.54) is 6.42 Å². The molecule has 0 aliphatic carbocycles. The van der Waals surface area contributed by atoms with Crippen LogP contribution in [0.3, 0.4) is 0 Å². The summed E-state index contributed by atoms with van der Waals surface area (Å²) in [6, 6.07) is 1.24. The van der Waals surface area contributed by atoms with Crippen molar-refractivity contribution in [2.75, 3.05) is 20.1 Å². The Morgan fingerprint density at radius 2 is 2.10 bits per heavy atom.